The molecule has 0 bridgehead atoms. The van der Waals surface area contributed by atoms with Gasteiger partial charge >= 0.3 is 0 Å². The van der Waals surface area contributed by atoms with E-state index in [1.807, 2.05) is 12.1 Å². The first kappa shape index (κ1) is 15.4. The lowest BCUT2D eigenvalue weighted by Gasteiger charge is -2.25. The Morgan fingerprint density at radius 1 is 1.10 bits per heavy atom. The molecule has 0 atom stereocenters. The van der Waals surface area contributed by atoms with Gasteiger partial charge in [0.05, 0.1) is 7.11 Å². The summed E-state index contributed by atoms with van der Waals surface area (Å²) in [5, 5.41) is 0. The van der Waals surface area contributed by atoms with Crippen LogP contribution in [0.5, 0.6) is 5.75 Å². The first-order valence-electron chi connectivity index (χ1n) is 7.37. The molecule has 0 amide bonds. The van der Waals surface area contributed by atoms with Crippen molar-refractivity contribution in [3.8, 4) is 5.75 Å². The molecule has 0 aliphatic carbocycles. The zero-order valence-electron chi connectivity index (χ0n) is 12.9. The molecule has 2 aromatic rings. The van der Waals surface area contributed by atoms with E-state index in [1.54, 1.807) is 7.11 Å². The predicted octanol–water partition coefficient (Wildman–Crippen LogP) is 3.36. The van der Waals surface area contributed by atoms with Crippen LogP contribution in [-0.4, -0.2) is 20.2 Å². The van der Waals surface area contributed by atoms with Crippen molar-refractivity contribution in [1.82, 2.24) is 0 Å². The van der Waals surface area contributed by atoms with E-state index < -0.39 is 0 Å². The number of anilines is 1. The Kier molecular flexibility index (Phi) is 5.64. The minimum absolute atomic E-state index is 0.703. The number of hydrogen-bond acceptors (Lipinski definition) is 3. The van der Waals surface area contributed by atoms with Crippen LogP contribution in [0, 0.1) is 6.92 Å². The highest BCUT2D eigenvalue weighted by molar-refractivity contribution is 5.51. The fourth-order valence-electron chi connectivity index (χ4n) is 2.30. The van der Waals surface area contributed by atoms with Crippen LogP contribution in [0.15, 0.2) is 48.5 Å². The molecule has 3 heteroatoms. The van der Waals surface area contributed by atoms with Crippen molar-refractivity contribution in [2.75, 3.05) is 25.1 Å². The molecule has 0 aromatic heterocycles. The van der Waals surface area contributed by atoms with Crippen molar-refractivity contribution >= 4 is 5.69 Å². The molecule has 0 aliphatic rings. The van der Waals surface area contributed by atoms with Gasteiger partial charge in [0, 0.05) is 24.8 Å². The lowest BCUT2D eigenvalue weighted by molar-refractivity contribution is 0.414. The summed E-state index contributed by atoms with van der Waals surface area (Å²) in [5.41, 5.74) is 9.43. The quantitative estimate of drug-likeness (QED) is 0.847. The van der Waals surface area contributed by atoms with Crippen molar-refractivity contribution in [3.63, 3.8) is 0 Å². The van der Waals surface area contributed by atoms with Crippen LogP contribution in [-0.2, 0) is 6.54 Å². The predicted molar refractivity (Wildman–Crippen MR) is 88.9 cm³/mol. The van der Waals surface area contributed by atoms with E-state index in [2.05, 4.69) is 48.2 Å². The summed E-state index contributed by atoms with van der Waals surface area (Å²) < 4.78 is 5.32. The van der Waals surface area contributed by atoms with Gasteiger partial charge in [0.1, 0.15) is 5.75 Å². The highest BCUT2D eigenvalue weighted by atomic mass is 16.5. The number of hydrogen-bond donors (Lipinski definition) is 1. The van der Waals surface area contributed by atoms with E-state index in [1.165, 1.54) is 16.8 Å². The molecular weight excluding hydrogens is 260 g/mol. The molecule has 0 saturated carbocycles. The van der Waals surface area contributed by atoms with E-state index >= 15 is 0 Å². The summed E-state index contributed by atoms with van der Waals surface area (Å²) in [5.74, 6) is 0.883. The third-order valence-corrected chi connectivity index (χ3v) is 3.54. The fourth-order valence-corrected chi connectivity index (χ4v) is 2.30. The number of rotatable bonds is 7. The van der Waals surface area contributed by atoms with Crippen LogP contribution in [0.1, 0.15) is 17.5 Å². The smallest absolute Gasteiger partial charge is 0.120 e. The average Bonchev–Trinajstić information content (AvgIpc) is 2.53. The number of ether oxygens (including phenoxy) is 1. The van der Waals surface area contributed by atoms with Crippen molar-refractivity contribution in [1.29, 1.82) is 0 Å². The van der Waals surface area contributed by atoms with Crippen molar-refractivity contribution in [2.24, 2.45) is 5.73 Å². The van der Waals surface area contributed by atoms with Crippen LogP contribution in [0.3, 0.4) is 0 Å². The lowest BCUT2D eigenvalue weighted by atomic mass is 10.1. The molecule has 0 spiro atoms. The first-order chi connectivity index (χ1) is 10.2. The Balaban J connectivity index is 2.18. The van der Waals surface area contributed by atoms with Crippen LogP contribution < -0.4 is 15.4 Å². The van der Waals surface area contributed by atoms with Gasteiger partial charge in [-0.3, -0.25) is 0 Å². The normalized spacial score (nSPS) is 10.4. The summed E-state index contributed by atoms with van der Waals surface area (Å²) in [7, 11) is 1.70. The first-order valence-corrected chi connectivity index (χ1v) is 7.37. The Morgan fingerprint density at radius 3 is 2.52 bits per heavy atom. The second-order valence-corrected chi connectivity index (χ2v) is 5.25. The third kappa shape index (κ3) is 4.50. The Morgan fingerprint density at radius 2 is 1.86 bits per heavy atom. The van der Waals surface area contributed by atoms with Crippen molar-refractivity contribution < 1.29 is 4.74 Å². The number of aryl methyl sites for hydroxylation is 1. The molecular formula is C18H24N2O. The maximum absolute atomic E-state index is 5.67. The molecule has 2 N–H and O–H groups in total. The Hall–Kier alpha value is -2.00. The molecule has 0 radical (unpaired) electrons. The summed E-state index contributed by atoms with van der Waals surface area (Å²) >= 11 is 0. The standard InChI is InChI=1S/C18H24N2O/c1-15-7-9-16(10-8-15)14-20(12-4-11-19)17-5-3-6-18(13-17)21-2/h3,5-10,13H,4,11-12,14,19H2,1-2H3. The second kappa shape index (κ2) is 7.70. The van der Waals surface area contributed by atoms with Crippen LogP contribution in [0.2, 0.25) is 0 Å². The molecule has 2 aromatic carbocycles. The van der Waals surface area contributed by atoms with Gasteiger partial charge in [-0.25, -0.2) is 0 Å². The molecule has 112 valence electrons. The van der Waals surface area contributed by atoms with Gasteiger partial charge in [0.2, 0.25) is 0 Å². The zero-order valence-corrected chi connectivity index (χ0v) is 12.9. The minimum atomic E-state index is 0.703. The minimum Gasteiger partial charge on any atom is -0.497 e. The van der Waals surface area contributed by atoms with Gasteiger partial charge in [0.25, 0.3) is 0 Å². The maximum Gasteiger partial charge on any atom is 0.120 e. The second-order valence-electron chi connectivity index (χ2n) is 5.25. The fraction of sp³-hybridized carbons (Fsp3) is 0.333. The summed E-state index contributed by atoms with van der Waals surface area (Å²) in [6.07, 6.45) is 0.975. The number of methoxy groups -OCH3 is 1. The van der Waals surface area contributed by atoms with E-state index in [0.29, 0.717) is 6.54 Å². The molecule has 2 rings (SSSR count). The lowest BCUT2D eigenvalue weighted by Crippen LogP contribution is -2.25. The number of benzene rings is 2. The van der Waals surface area contributed by atoms with Gasteiger partial charge in [-0.15, -0.1) is 0 Å². The van der Waals surface area contributed by atoms with E-state index in [0.717, 1.165) is 25.3 Å². The van der Waals surface area contributed by atoms with Crippen LogP contribution >= 0.6 is 0 Å². The summed E-state index contributed by atoms with van der Waals surface area (Å²) in [6.45, 7) is 4.64. The summed E-state index contributed by atoms with van der Waals surface area (Å²) in [4.78, 5) is 2.35. The Labute approximate surface area is 127 Å². The topological polar surface area (TPSA) is 38.5 Å². The van der Waals surface area contributed by atoms with Crippen molar-refractivity contribution in [2.45, 2.75) is 19.9 Å². The van der Waals surface area contributed by atoms with Gasteiger partial charge in [-0.05, 0) is 37.6 Å². The van der Waals surface area contributed by atoms with E-state index in [4.69, 9.17) is 10.5 Å². The van der Waals surface area contributed by atoms with Gasteiger partial charge < -0.3 is 15.4 Å². The van der Waals surface area contributed by atoms with Gasteiger partial charge in [-0.1, -0.05) is 35.9 Å². The van der Waals surface area contributed by atoms with E-state index in [-0.39, 0.29) is 0 Å². The largest absolute Gasteiger partial charge is 0.497 e. The zero-order chi connectivity index (χ0) is 15.1. The van der Waals surface area contributed by atoms with Gasteiger partial charge in [0.15, 0.2) is 0 Å². The van der Waals surface area contributed by atoms with Crippen LogP contribution in [0.4, 0.5) is 5.69 Å². The molecule has 0 fully saturated rings. The SMILES string of the molecule is COc1cccc(N(CCCN)Cc2ccc(C)cc2)c1. The molecule has 0 unspecified atom stereocenters. The number of nitrogens with two attached hydrogens (primary N) is 1. The third-order valence-electron chi connectivity index (χ3n) is 3.54. The van der Waals surface area contributed by atoms with Crippen LogP contribution in [0.25, 0.3) is 0 Å². The molecule has 0 saturated heterocycles. The molecule has 0 heterocycles. The van der Waals surface area contributed by atoms with E-state index in [9.17, 15) is 0 Å². The molecule has 0 aliphatic heterocycles. The molecule has 3 nitrogen and oxygen atoms in total. The van der Waals surface area contributed by atoms with Gasteiger partial charge in [-0.2, -0.15) is 0 Å². The highest BCUT2D eigenvalue weighted by Gasteiger charge is 2.08. The summed E-state index contributed by atoms with van der Waals surface area (Å²) in [6, 6.07) is 16.9. The monoisotopic (exact) mass is 284 g/mol. The number of nitrogens with zero attached hydrogens (tertiary/aromatic N) is 1. The van der Waals surface area contributed by atoms with Crippen molar-refractivity contribution in [3.05, 3.63) is 59.7 Å². The molecule has 21 heavy (non-hydrogen) atoms. The average molecular weight is 284 g/mol. The Bertz CT molecular complexity index is 551. The highest BCUT2D eigenvalue weighted by Crippen LogP contribution is 2.23. The maximum atomic E-state index is 5.67.